The van der Waals surface area contributed by atoms with Crippen LogP contribution in [0.4, 0.5) is 0 Å². The van der Waals surface area contributed by atoms with E-state index in [1.54, 1.807) is 12.1 Å². The van der Waals surface area contributed by atoms with E-state index in [2.05, 4.69) is 0 Å². The van der Waals surface area contributed by atoms with Crippen LogP contribution in [0.15, 0.2) is 42.5 Å². The van der Waals surface area contributed by atoms with Gasteiger partial charge in [0.1, 0.15) is 42.7 Å². The number of carbonyl (C=O) groups excluding carboxylic acids is 1. The fourth-order valence-electron chi connectivity index (χ4n) is 5.13. The highest BCUT2D eigenvalue weighted by molar-refractivity contribution is 5.87. The Morgan fingerprint density at radius 3 is 2.15 bits per heavy atom. The van der Waals surface area contributed by atoms with Crippen LogP contribution in [0.25, 0.3) is 6.08 Å². The van der Waals surface area contributed by atoms with Crippen molar-refractivity contribution in [3.63, 3.8) is 0 Å². The summed E-state index contributed by atoms with van der Waals surface area (Å²) in [6, 6.07) is 9.06. The maximum absolute atomic E-state index is 12.9. The first-order valence-electron chi connectivity index (χ1n) is 14.6. The molecule has 47 heavy (non-hydrogen) atoms. The molecule has 0 bridgehead atoms. The van der Waals surface area contributed by atoms with Crippen molar-refractivity contribution in [2.75, 3.05) is 34.0 Å². The highest BCUT2D eigenvalue weighted by Gasteiger charge is 2.52. The summed E-state index contributed by atoms with van der Waals surface area (Å²) in [5, 5.41) is 82.0. The van der Waals surface area contributed by atoms with E-state index in [9.17, 15) is 45.6 Å². The van der Waals surface area contributed by atoms with Crippen molar-refractivity contribution in [3.05, 3.63) is 53.6 Å². The molecule has 0 spiro atoms. The van der Waals surface area contributed by atoms with Gasteiger partial charge >= 0.3 is 5.97 Å². The lowest BCUT2D eigenvalue weighted by Gasteiger charge is -2.46. The number of hydrogen-bond donors (Lipinski definition) is 8. The summed E-state index contributed by atoms with van der Waals surface area (Å²) in [7, 11) is 2.77. The van der Waals surface area contributed by atoms with E-state index in [1.807, 2.05) is 0 Å². The molecule has 2 aromatic rings. The number of rotatable bonds is 13. The summed E-state index contributed by atoms with van der Waals surface area (Å²) in [6.07, 6.45) is -13.5. The van der Waals surface area contributed by atoms with Gasteiger partial charge in [-0.3, -0.25) is 0 Å². The standard InChI is InChI=1S/C31H40O16/c1-41-19-7-4-16(11-18(19)35)9-10-43-30-27(40)29(47-31-26(39)25(38)24(37)21(13-32)44-31)28(22(14-33)45-30)46-23(36)8-5-15-3-6-17(34)20(12-15)42-2/h3-8,11-12,21-22,24-35,37-40H,9-10,13-14H2,1-2H3/b8-5+/t21-,22-,24-,25+,26-,27-,28-,29-,30-,31+/m1/s1. The first-order chi connectivity index (χ1) is 22.5. The van der Waals surface area contributed by atoms with Gasteiger partial charge in [0.05, 0.1) is 34.0 Å². The molecule has 2 fully saturated rings. The number of carbonyl (C=O) groups is 1. The second-order valence-electron chi connectivity index (χ2n) is 10.8. The third-order valence-electron chi connectivity index (χ3n) is 7.72. The molecule has 260 valence electrons. The van der Waals surface area contributed by atoms with Crippen LogP contribution < -0.4 is 9.47 Å². The van der Waals surface area contributed by atoms with Gasteiger partial charge in [-0.25, -0.2) is 4.79 Å². The normalized spacial score (nSPS) is 31.1. The quantitative estimate of drug-likeness (QED) is 0.0900. The van der Waals surface area contributed by atoms with E-state index in [1.165, 1.54) is 44.6 Å². The van der Waals surface area contributed by atoms with E-state index in [4.69, 9.17) is 33.2 Å². The number of benzene rings is 2. The topological polar surface area (TPSA) is 244 Å². The summed E-state index contributed by atoms with van der Waals surface area (Å²) in [5.74, 6) is -0.725. The van der Waals surface area contributed by atoms with Crippen molar-refractivity contribution < 1.29 is 78.8 Å². The molecule has 0 amide bonds. The van der Waals surface area contributed by atoms with E-state index in [-0.39, 0.29) is 36.0 Å². The van der Waals surface area contributed by atoms with Crippen LogP contribution in [-0.4, -0.2) is 142 Å². The molecule has 2 saturated heterocycles. The van der Waals surface area contributed by atoms with Crippen LogP contribution in [0.5, 0.6) is 23.0 Å². The molecule has 16 heteroatoms. The van der Waals surface area contributed by atoms with Gasteiger partial charge in [-0.2, -0.15) is 0 Å². The lowest BCUT2D eigenvalue weighted by molar-refractivity contribution is -0.360. The Morgan fingerprint density at radius 1 is 0.787 bits per heavy atom. The number of hydrogen-bond acceptors (Lipinski definition) is 16. The Morgan fingerprint density at radius 2 is 1.49 bits per heavy atom. The van der Waals surface area contributed by atoms with Gasteiger partial charge in [-0.15, -0.1) is 0 Å². The SMILES string of the molecule is COc1ccc(CCO[C@@H]2O[C@H](CO)[C@@H](OC(=O)/C=C/c3ccc(O)c(OC)c3)[C@H](O[C@@H]3O[C@H](CO)[C@@H](O)[C@H](O)[C@H]3O)[C@H]2O)cc1O. The Kier molecular flexibility index (Phi) is 12.8. The monoisotopic (exact) mass is 668 g/mol. The third kappa shape index (κ3) is 8.68. The van der Waals surface area contributed by atoms with E-state index in [0.29, 0.717) is 11.1 Å². The van der Waals surface area contributed by atoms with E-state index in [0.717, 1.165) is 6.08 Å². The van der Waals surface area contributed by atoms with Crippen LogP contribution >= 0.6 is 0 Å². The molecule has 0 aliphatic carbocycles. The number of ether oxygens (including phenoxy) is 7. The summed E-state index contributed by atoms with van der Waals surface area (Å²) in [5.41, 5.74) is 1.12. The molecule has 2 aromatic carbocycles. The first-order valence-corrected chi connectivity index (χ1v) is 14.6. The molecule has 2 aliphatic rings. The first kappa shape index (κ1) is 36.3. The summed E-state index contributed by atoms with van der Waals surface area (Å²) in [6.45, 7) is -1.55. The minimum absolute atomic E-state index is 0.0539. The average Bonchev–Trinajstić information content (AvgIpc) is 3.06. The molecule has 0 radical (unpaired) electrons. The second kappa shape index (κ2) is 16.5. The van der Waals surface area contributed by atoms with Gasteiger partial charge in [0, 0.05) is 6.08 Å². The molecular weight excluding hydrogens is 628 g/mol. The van der Waals surface area contributed by atoms with E-state index >= 15 is 0 Å². The van der Waals surface area contributed by atoms with Crippen molar-refractivity contribution in [2.45, 2.75) is 67.8 Å². The lowest BCUT2D eigenvalue weighted by atomic mass is 9.96. The maximum Gasteiger partial charge on any atom is 0.331 e. The van der Waals surface area contributed by atoms with Crippen LogP contribution in [0.1, 0.15) is 11.1 Å². The molecule has 0 aromatic heterocycles. The van der Waals surface area contributed by atoms with Crippen LogP contribution in [-0.2, 0) is 34.9 Å². The molecule has 10 atom stereocenters. The number of aliphatic hydroxyl groups excluding tert-OH is 6. The number of aromatic hydroxyl groups is 2. The lowest BCUT2D eigenvalue weighted by Crippen LogP contribution is -2.65. The van der Waals surface area contributed by atoms with Crippen molar-refractivity contribution >= 4 is 12.0 Å². The Balaban J connectivity index is 1.53. The van der Waals surface area contributed by atoms with Gasteiger partial charge < -0.3 is 74.0 Å². The Hall–Kier alpha value is -3.55. The average molecular weight is 669 g/mol. The van der Waals surface area contributed by atoms with Crippen LogP contribution in [0, 0.1) is 0 Å². The number of esters is 1. The second-order valence-corrected chi connectivity index (χ2v) is 10.8. The molecule has 2 heterocycles. The molecule has 0 saturated carbocycles. The Labute approximate surface area is 269 Å². The molecule has 0 unspecified atom stereocenters. The van der Waals surface area contributed by atoms with Crippen molar-refractivity contribution in [1.29, 1.82) is 0 Å². The minimum atomic E-state index is -1.86. The fourth-order valence-corrected chi connectivity index (χ4v) is 5.13. The molecular formula is C31H40O16. The summed E-state index contributed by atoms with van der Waals surface area (Å²) >= 11 is 0. The predicted octanol–water partition coefficient (Wildman–Crippen LogP) is -1.44. The minimum Gasteiger partial charge on any atom is -0.504 e. The number of phenols is 2. The number of aliphatic hydroxyl groups is 6. The molecule has 16 nitrogen and oxygen atoms in total. The molecule has 8 N–H and O–H groups in total. The molecule has 4 rings (SSSR count). The Bertz CT molecular complexity index is 1350. The van der Waals surface area contributed by atoms with Gasteiger partial charge in [0.15, 0.2) is 41.7 Å². The zero-order valence-electron chi connectivity index (χ0n) is 25.6. The van der Waals surface area contributed by atoms with Crippen molar-refractivity contribution in [3.8, 4) is 23.0 Å². The van der Waals surface area contributed by atoms with Crippen molar-refractivity contribution in [2.24, 2.45) is 0 Å². The van der Waals surface area contributed by atoms with E-state index < -0.39 is 80.6 Å². The van der Waals surface area contributed by atoms with Crippen LogP contribution in [0.2, 0.25) is 0 Å². The van der Waals surface area contributed by atoms with Gasteiger partial charge in [-0.05, 0) is 47.9 Å². The van der Waals surface area contributed by atoms with Gasteiger partial charge in [0.2, 0.25) is 0 Å². The largest absolute Gasteiger partial charge is 0.504 e. The molecule has 2 aliphatic heterocycles. The summed E-state index contributed by atoms with van der Waals surface area (Å²) in [4.78, 5) is 12.9. The summed E-state index contributed by atoms with van der Waals surface area (Å²) < 4.78 is 38.4. The number of methoxy groups -OCH3 is 2. The predicted molar refractivity (Wildman–Crippen MR) is 158 cm³/mol. The zero-order chi connectivity index (χ0) is 34.2. The fraction of sp³-hybridized carbons (Fsp3) is 0.516. The van der Waals surface area contributed by atoms with Crippen LogP contribution in [0.3, 0.4) is 0 Å². The maximum atomic E-state index is 12.9. The zero-order valence-corrected chi connectivity index (χ0v) is 25.6. The smallest absolute Gasteiger partial charge is 0.331 e. The highest BCUT2D eigenvalue weighted by Crippen LogP contribution is 2.32. The van der Waals surface area contributed by atoms with Gasteiger partial charge in [-0.1, -0.05) is 12.1 Å². The highest BCUT2D eigenvalue weighted by atomic mass is 16.7. The van der Waals surface area contributed by atoms with Crippen molar-refractivity contribution in [1.82, 2.24) is 0 Å². The number of phenolic OH excluding ortho intramolecular Hbond substituents is 2. The van der Waals surface area contributed by atoms with Gasteiger partial charge in [0.25, 0.3) is 0 Å². The third-order valence-corrected chi connectivity index (χ3v) is 7.72.